The highest BCUT2D eigenvalue weighted by Gasteiger charge is 2.18. The number of nitrogens with zero attached hydrogens (tertiary/aromatic N) is 2. The number of aromatic nitrogens is 3. The first kappa shape index (κ1) is 11.9. The first-order valence-electron chi connectivity index (χ1n) is 5.39. The lowest BCUT2D eigenvalue weighted by Gasteiger charge is -2.05. The largest absolute Gasteiger partial charge is 0.454 e. The minimum atomic E-state index is -3.68. The number of rotatable bonds is 4. The first-order valence-corrected chi connectivity index (χ1v) is 6.87. The molecule has 1 aromatic heterocycles. The lowest BCUT2D eigenvalue weighted by molar-refractivity contribution is 0.174. The number of hydrogen-bond acceptors (Lipinski definition) is 6. The van der Waals surface area contributed by atoms with Crippen LogP contribution in [0.5, 0.6) is 11.5 Å². The Labute approximate surface area is 108 Å². The molecule has 1 aliphatic rings. The average Bonchev–Trinajstić information content (AvgIpc) is 3.07. The Morgan fingerprint density at radius 1 is 1.32 bits per heavy atom. The van der Waals surface area contributed by atoms with Crippen molar-refractivity contribution < 1.29 is 17.9 Å². The van der Waals surface area contributed by atoms with Gasteiger partial charge in [0.05, 0.1) is 0 Å². The molecule has 0 radical (unpaired) electrons. The summed E-state index contributed by atoms with van der Waals surface area (Å²) < 4.78 is 36.4. The van der Waals surface area contributed by atoms with Gasteiger partial charge < -0.3 is 9.47 Å². The molecule has 0 fully saturated rings. The Kier molecular flexibility index (Phi) is 2.84. The van der Waals surface area contributed by atoms with Crippen molar-refractivity contribution in [2.24, 2.45) is 0 Å². The second kappa shape index (κ2) is 4.52. The van der Waals surface area contributed by atoms with Gasteiger partial charge in [-0.25, -0.2) is 23.2 Å². The number of sulfonamides is 1. The number of benzene rings is 1. The van der Waals surface area contributed by atoms with E-state index < -0.39 is 10.0 Å². The van der Waals surface area contributed by atoms with E-state index in [1.807, 2.05) is 0 Å². The highest BCUT2D eigenvalue weighted by molar-refractivity contribution is 7.89. The van der Waals surface area contributed by atoms with Crippen molar-refractivity contribution in [3.8, 4) is 11.5 Å². The van der Waals surface area contributed by atoms with Crippen molar-refractivity contribution in [1.29, 1.82) is 0 Å². The fraction of sp³-hybridized carbons (Fsp3) is 0.200. The van der Waals surface area contributed by atoms with Gasteiger partial charge in [-0.05, 0) is 17.7 Å². The van der Waals surface area contributed by atoms with Crippen LogP contribution in [-0.2, 0) is 16.6 Å². The van der Waals surface area contributed by atoms with Crippen LogP contribution in [0.3, 0.4) is 0 Å². The zero-order valence-corrected chi connectivity index (χ0v) is 10.5. The van der Waals surface area contributed by atoms with E-state index in [-0.39, 0.29) is 18.5 Å². The third-order valence-corrected chi connectivity index (χ3v) is 3.78. The lowest BCUT2D eigenvalue weighted by atomic mass is 10.2. The highest BCUT2D eigenvalue weighted by Crippen LogP contribution is 2.32. The summed E-state index contributed by atoms with van der Waals surface area (Å²) >= 11 is 0. The van der Waals surface area contributed by atoms with Crippen LogP contribution >= 0.6 is 0 Å². The number of nitrogens with one attached hydrogen (secondary N) is 2. The Bertz CT molecular complexity index is 684. The number of aromatic amines is 1. The summed E-state index contributed by atoms with van der Waals surface area (Å²) in [5.74, 6) is 1.26. The normalized spacial score (nSPS) is 13.7. The summed E-state index contributed by atoms with van der Waals surface area (Å²) in [4.78, 5) is 3.60. The zero-order chi connectivity index (χ0) is 13.3. The molecular weight excluding hydrogens is 272 g/mol. The Balaban J connectivity index is 1.73. The van der Waals surface area contributed by atoms with Crippen molar-refractivity contribution in [3.63, 3.8) is 0 Å². The molecule has 0 aliphatic carbocycles. The van der Waals surface area contributed by atoms with E-state index in [1.54, 1.807) is 18.2 Å². The van der Waals surface area contributed by atoms with E-state index in [0.29, 0.717) is 11.5 Å². The Hall–Kier alpha value is -2.13. The molecule has 0 atom stereocenters. The monoisotopic (exact) mass is 282 g/mol. The van der Waals surface area contributed by atoms with E-state index in [1.165, 1.54) is 0 Å². The van der Waals surface area contributed by atoms with Crippen molar-refractivity contribution in [3.05, 3.63) is 30.1 Å². The summed E-state index contributed by atoms with van der Waals surface area (Å²) in [5, 5.41) is 5.58. The predicted molar refractivity (Wildman–Crippen MR) is 63.0 cm³/mol. The second-order valence-electron chi connectivity index (χ2n) is 3.80. The summed E-state index contributed by atoms with van der Waals surface area (Å²) in [6, 6.07) is 5.22. The number of fused-ring (bicyclic) bond motifs is 1. The van der Waals surface area contributed by atoms with Gasteiger partial charge in [0.1, 0.15) is 6.33 Å². The zero-order valence-electron chi connectivity index (χ0n) is 9.66. The van der Waals surface area contributed by atoms with Crippen LogP contribution in [0, 0.1) is 0 Å². The molecule has 0 spiro atoms. The van der Waals surface area contributed by atoms with Crippen molar-refractivity contribution in [1.82, 2.24) is 19.9 Å². The van der Waals surface area contributed by atoms with Crippen molar-refractivity contribution >= 4 is 10.0 Å². The molecule has 1 aromatic carbocycles. The molecule has 2 heterocycles. The molecule has 2 aromatic rings. The fourth-order valence-electron chi connectivity index (χ4n) is 1.62. The number of H-pyrrole nitrogens is 1. The molecule has 0 saturated carbocycles. The van der Waals surface area contributed by atoms with Gasteiger partial charge in [0, 0.05) is 6.54 Å². The predicted octanol–water partition coefficient (Wildman–Crippen LogP) is 0.0119. The van der Waals surface area contributed by atoms with E-state index >= 15 is 0 Å². The molecule has 3 rings (SSSR count). The second-order valence-corrected chi connectivity index (χ2v) is 5.49. The van der Waals surface area contributed by atoms with Gasteiger partial charge in [-0.1, -0.05) is 6.07 Å². The van der Waals surface area contributed by atoms with Crippen LogP contribution in [-0.4, -0.2) is 30.4 Å². The van der Waals surface area contributed by atoms with E-state index in [2.05, 4.69) is 19.9 Å². The van der Waals surface area contributed by atoms with E-state index in [0.717, 1.165) is 11.9 Å². The van der Waals surface area contributed by atoms with Crippen LogP contribution < -0.4 is 14.2 Å². The summed E-state index contributed by atoms with van der Waals surface area (Å²) in [7, 11) is -3.68. The third kappa shape index (κ3) is 2.37. The molecule has 0 unspecified atom stereocenters. The first-order chi connectivity index (χ1) is 9.15. The Morgan fingerprint density at radius 3 is 2.95 bits per heavy atom. The maximum atomic E-state index is 11.8. The summed E-state index contributed by atoms with van der Waals surface area (Å²) in [6.45, 7) is 0.308. The van der Waals surface area contributed by atoms with Gasteiger partial charge in [0.15, 0.2) is 11.5 Å². The number of ether oxygens (including phenoxy) is 2. The SMILES string of the molecule is O=S(=O)(NCc1ccc2c(c1)OCO2)c1ncn[nH]1. The summed E-state index contributed by atoms with van der Waals surface area (Å²) in [5.41, 5.74) is 0.757. The molecule has 2 N–H and O–H groups in total. The minimum absolute atomic E-state index is 0.125. The molecule has 19 heavy (non-hydrogen) atoms. The maximum Gasteiger partial charge on any atom is 0.276 e. The van der Waals surface area contributed by atoms with Crippen molar-refractivity contribution in [2.75, 3.05) is 6.79 Å². The fourth-order valence-corrected chi connectivity index (χ4v) is 2.47. The van der Waals surface area contributed by atoms with Crippen molar-refractivity contribution in [2.45, 2.75) is 11.7 Å². The molecule has 9 heteroatoms. The standard InChI is InChI=1S/C10H10N4O4S/c15-19(16,10-11-5-12-14-10)13-4-7-1-2-8-9(3-7)18-6-17-8/h1-3,5,13H,4,6H2,(H,11,12,14). The van der Waals surface area contributed by atoms with Crippen LogP contribution in [0.4, 0.5) is 0 Å². The smallest absolute Gasteiger partial charge is 0.276 e. The molecule has 0 amide bonds. The molecule has 0 saturated heterocycles. The van der Waals surface area contributed by atoms with Gasteiger partial charge in [-0.3, -0.25) is 0 Å². The molecule has 1 aliphatic heterocycles. The van der Waals surface area contributed by atoms with Gasteiger partial charge in [-0.2, -0.15) is 5.10 Å². The quantitative estimate of drug-likeness (QED) is 0.818. The molecular formula is C10H10N4O4S. The lowest BCUT2D eigenvalue weighted by Crippen LogP contribution is -2.24. The van der Waals surface area contributed by atoms with Gasteiger partial charge in [0.25, 0.3) is 15.2 Å². The van der Waals surface area contributed by atoms with Crippen LogP contribution in [0.1, 0.15) is 5.56 Å². The van der Waals surface area contributed by atoms with Gasteiger partial charge >= 0.3 is 0 Å². The third-order valence-electron chi connectivity index (χ3n) is 2.55. The highest BCUT2D eigenvalue weighted by atomic mass is 32.2. The van der Waals surface area contributed by atoms with Gasteiger partial charge in [-0.15, -0.1) is 0 Å². The maximum absolute atomic E-state index is 11.8. The molecule has 100 valence electrons. The van der Waals surface area contributed by atoms with Crippen LogP contribution in [0.15, 0.2) is 29.7 Å². The Morgan fingerprint density at radius 2 is 2.16 bits per heavy atom. The van der Waals surface area contributed by atoms with Crippen LogP contribution in [0.2, 0.25) is 0 Å². The minimum Gasteiger partial charge on any atom is -0.454 e. The molecule has 0 bridgehead atoms. The van der Waals surface area contributed by atoms with E-state index in [9.17, 15) is 8.42 Å². The average molecular weight is 282 g/mol. The summed E-state index contributed by atoms with van der Waals surface area (Å²) in [6.07, 6.45) is 1.13. The topological polar surface area (TPSA) is 106 Å². The molecule has 8 nitrogen and oxygen atoms in total. The van der Waals surface area contributed by atoms with E-state index in [4.69, 9.17) is 9.47 Å². The van der Waals surface area contributed by atoms with Gasteiger partial charge in [0.2, 0.25) is 6.79 Å². The number of hydrogen-bond donors (Lipinski definition) is 2. The van der Waals surface area contributed by atoms with Crippen LogP contribution in [0.25, 0.3) is 0 Å².